The van der Waals surface area contributed by atoms with E-state index in [1.807, 2.05) is 6.07 Å². The molecule has 1 fully saturated rings. The molecule has 3 aromatic rings. The predicted molar refractivity (Wildman–Crippen MR) is 143 cm³/mol. The van der Waals surface area contributed by atoms with Crippen molar-refractivity contribution in [2.75, 3.05) is 19.7 Å². The maximum Gasteiger partial charge on any atom is 0.201 e. The molecule has 0 bridgehead atoms. The van der Waals surface area contributed by atoms with Gasteiger partial charge in [0.05, 0.1) is 19.7 Å². The van der Waals surface area contributed by atoms with Crippen molar-refractivity contribution in [1.82, 2.24) is 0 Å². The lowest BCUT2D eigenvalue weighted by molar-refractivity contribution is -0.190. The van der Waals surface area contributed by atoms with E-state index in [2.05, 4.69) is 6.92 Å². The van der Waals surface area contributed by atoms with Crippen LogP contribution in [0.1, 0.15) is 56.9 Å². The third kappa shape index (κ3) is 6.76. The molecule has 1 saturated heterocycles. The van der Waals surface area contributed by atoms with E-state index in [1.54, 1.807) is 38.2 Å². The van der Waals surface area contributed by atoms with Gasteiger partial charge in [-0.3, -0.25) is 0 Å². The molecule has 0 aromatic heterocycles. The summed E-state index contributed by atoms with van der Waals surface area (Å²) in [6.45, 7) is 3.33. The number of hydrogen-bond acceptors (Lipinski definition) is 3. The molecular formula is C30H34BF3O3. The van der Waals surface area contributed by atoms with Gasteiger partial charge < -0.3 is 14.2 Å². The van der Waals surface area contributed by atoms with Gasteiger partial charge in [-0.15, -0.1) is 0 Å². The third-order valence-electron chi connectivity index (χ3n) is 6.83. The van der Waals surface area contributed by atoms with Gasteiger partial charge in [0.1, 0.15) is 5.82 Å². The first-order valence-corrected chi connectivity index (χ1v) is 13.3. The topological polar surface area (TPSA) is 27.7 Å². The van der Waals surface area contributed by atoms with E-state index in [4.69, 9.17) is 14.2 Å². The molecule has 0 radical (unpaired) electrons. The van der Waals surface area contributed by atoms with Crippen molar-refractivity contribution in [2.45, 2.75) is 57.7 Å². The molecule has 196 valence electrons. The van der Waals surface area contributed by atoms with Gasteiger partial charge in [0.25, 0.3) is 0 Å². The second kappa shape index (κ2) is 13.2. The number of unbranched alkanes of at least 4 members (excludes halogenated alkanes) is 4. The molecule has 3 nitrogen and oxygen atoms in total. The monoisotopic (exact) mass is 510 g/mol. The van der Waals surface area contributed by atoms with Gasteiger partial charge in [-0.1, -0.05) is 69.0 Å². The average Bonchev–Trinajstić information content (AvgIpc) is 2.92. The summed E-state index contributed by atoms with van der Waals surface area (Å²) in [6, 6.07) is 15.0. The zero-order valence-electron chi connectivity index (χ0n) is 21.6. The summed E-state index contributed by atoms with van der Waals surface area (Å²) in [6.07, 6.45) is 6.66. The summed E-state index contributed by atoms with van der Waals surface area (Å²) in [5, 5.41) is 0. The van der Waals surface area contributed by atoms with Crippen LogP contribution in [-0.2, 0) is 9.47 Å². The highest BCUT2D eigenvalue weighted by atomic mass is 19.2. The Balaban J connectivity index is 1.38. The first-order chi connectivity index (χ1) is 18.0. The summed E-state index contributed by atoms with van der Waals surface area (Å²) < 4.78 is 60.8. The van der Waals surface area contributed by atoms with Crippen molar-refractivity contribution >= 4 is 7.85 Å². The normalized spacial score (nSPS) is 17.6. The van der Waals surface area contributed by atoms with E-state index >= 15 is 4.39 Å². The molecule has 37 heavy (non-hydrogen) atoms. The van der Waals surface area contributed by atoms with Crippen molar-refractivity contribution in [2.24, 2.45) is 0 Å². The highest BCUT2D eigenvalue weighted by molar-refractivity contribution is 6.08. The molecule has 1 heterocycles. The molecule has 0 amide bonds. The molecule has 3 aromatic carbocycles. The van der Waals surface area contributed by atoms with Gasteiger partial charge in [-0.2, -0.15) is 4.39 Å². The fraction of sp³-hybridized carbons (Fsp3) is 0.400. The summed E-state index contributed by atoms with van der Waals surface area (Å²) >= 11 is 0. The van der Waals surface area contributed by atoms with Crippen LogP contribution in [0.2, 0.25) is 0 Å². The number of hydrogen-bond donors (Lipinski definition) is 0. The first kappa shape index (κ1) is 27.3. The highest BCUT2D eigenvalue weighted by Gasteiger charge is 2.25. The minimum absolute atomic E-state index is 0.109. The minimum Gasteiger partial charge on any atom is -0.500 e. The average molecular weight is 510 g/mol. The standard InChI is InChI=1S/C30H34BF3O3/c1-2-3-4-5-6-7-28-35-17-23(18-36-28)24-13-12-22(16-26(24)32)20-8-10-21(11-9-20)25-14-15-27(37-19-31)30(34)29(25)33/h8-16,23,28H,2-7,17-19,31H2,1H3. The summed E-state index contributed by atoms with van der Waals surface area (Å²) in [5.41, 5.74) is 2.73. The summed E-state index contributed by atoms with van der Waals surface area (Å²) in [4.78, 5) is 0. The van der Waals surface area contributed by atoms with Crippen molar-refractivity contribution in [3.63, 3.8) is 0 Å². The first-order valence-electron chi connectivity index (χ1n) is 13.3. The lowest BCUT2D eigenvalue weighted by Crippen LogP contribution is -2.31. The fourth-order valence-electron chi connectivity index (χ4n) is 4.71. The second-order valence-electron chi connectivity index (χ2n) is 9.48. The summed E-state index contributed by atoms with van der Waals surface area (Å²) in [5.74, 6) is -2.52. The van der Waals surface area contributed by atoms with E-state index < -0.39 is 11.6 Å². The van der Waals surface area contributed by atoms with Crippen LogP contribution in [-0.4, -0.2) is 33.9 Å². The maximum atomic E-state index is 15.1. The van der Waals surface area contributed by atoms with Crippen molar-refractivity contribution in [1.29, 1.82) is 0 Å². The second-order valence-corrected chi connectivity index (χ2v) is 9.48. The van der Waals surface area contributed by atoms with Crippen LogP contribution in [0.3, 0.4) is 0 Å². The van der Waals surface area contributed by atoms with Gasteiger partial charge in [-0.05, 0) is 53.3 Å². The Hall–Kier alpha value is -2.77. The Morgan fingerprint density at radius 1 is 0.811 bits per heavy atom. The van der Waals surface area contributed by atoms with Gasteiger partial charge in [0.15, 0.2) is 25.7 Å². The summed E-state index contributed by atoms with van der Waals surface area (Å²) in [7, 11) is 1.71. The van der Waals surface area contributed by atoms with Gasteiger partial charge in [0.2, 0.25) is 5.82 Å². The maximum absolute atomic E-state index is 15.1. The van der Waals surface area contributed by atoms with E-state index in [9.17, 15) is 8.78 Å². The fourth-order valence-corrected chi connectivity index (χ4v) is 4.71. The van der Waals surface area contributed by atoms with E-state index in [0.29, 0.717) is 29.9 Å². The van der Waals surface area contributed by atoms with Crippen LogP contribution < -0.4 is 4.74 Å². The number of rotatable bonds is 11. The van der Waals surface area contributed by atoms with Crippen LogP contribution in [0.25, 0.3) is 22.3 Å². The number of ether oxygens (including phenoxy) is 3. The quantitative estimate of drug-likeness (QED) is 0.201. The molecule has 0 atom stereocenters. The lowest BCUT2D eigenvalue weighted by Gasteiger charge is -2.30. The largest absolute Gasteiger partial charge is 0.500 e. The molecular weight excluding hydrogens is 476 g/mol. The van der Waals surface area contributed by atoms with E-state index in [-0.39, 0.29) is 35.8 Å². The molecule has 0 saturated carbocycles. The van der Waals surface area contributed by atoms with Gasteiger partial charge >= 0.3 is 0 Å². The Kier molecular flexibility index (Phi) is 9.70. The van der Waals surface area contributed by atoms with Crippen molar-refractivity contribution < 1.29 is 27.4 Å². The van der Waals surface area contributed by atoms with Crippen LogP contribution in [0.15, 0.2) is 54.6 Å². The lowest BCUT2D eigenvalue weighted by atomic mass is 9.95. The van der Waals surface area contributed by atoms with Crippen LogP contribution >= 0.6 is 0 Å². The highest BCUT2D eigenvalue weighted by Crippen LogP contribution is 2.33. The van der Waals surface area contributed by atoms with Crippen LogP contribution in [0.4, 0.5) is 13.2 Å². The number of benzene rings is 3. The zero-order chi connectivity index (χ0) is 26.2. The van der Waals surface area contributed by atoms with E-state index in [0.717, 1.165) is 18.4 Å². The third-order valence-corrected chi connectivity index (χ3v) is 6.83. The number of halogens is 3. The Morgan fingerprint density at radius 3 is 2.16 bits per heavy atom. The molecule has 0 unspecified atom stereocenters. The van der Waals surface area contributed by atoms with Crippen molar-refractivity contribution in [3.8, 4) is 28.0 Å². The predicted octanol–water partition coefficient (Wildman–Crippen LogP) is 7.22. The molecule has 1 aliphatic rings. The molecule has 0 aliphatic carbocycles. The molecule has 7 heteroatoms. The van der Waals surface area contributed by atoms with Gasteiger partial charge in [0, 0.05) is 11.5 Å². The van der Waals surface area contributed by atoms with Crippen LogP contribution in [0, 0.1) is 17.5 Å². The molecule has 4 rings (SSSR count). The zero-order valence-corrected chi connectivity index (χ0v) is 21.6. The smallest absolute Gasteiger partial charge is 0.201 e. The van der Waals surface area contributed by atoms with Crippen LogP contribution in [0.5, 0.6) is 5.75 Å². The molecule has 1 aliphatic heterocycles. The Bertz CT molecular complexity index is 1160. The van der Waals surface area contributed by atoms with E-state index in [1.165, 1.54) is 43.9 Å². The Labute approximate surface area is 218 Å². The Morgan fingerprint density at radius 2 is 1.49 bits per heavy atom. The van der Waals surface area contributed by atoms with Crippen molar-refractivity contribution in [3.05, 3.63) is 77.6 Å². The molecule has 0 spiro atoms. The SMILES string of the molecule is BCOc1ccc(-c2ccc(-c3ccc(C4COC(CCCCCCC)OC4)c(F)c3)cc2)c(F)c1F. The van der Waals surface area contributed by atoms with Gasteiger partial charge in [-0.25, -0.2) is 8.78 Å². The molecule has 0 N–H and O–H groups in total. The minimum atomic E-state index is -1.00.